The molecule has 0 unspecified atom stereocenters. The maximum absolute atomic E-state index is 12.4. The zero-order valence-corrected chi connectivity index (χ0v) is 15.2. The number of hydrogen-bond acceptors (Lipinski definition) is 6. The van der Waals surface area contributed by atoms with Crippen molar-refractivity contribution in [3.05, 3.63) is 53.1 Å². The number of nitrogens with one attached hydrogen (secondary N) is 1. The SMILES string of the molecule is COc1cccc(C(=O)OCC(=O)c2ccc3c(c2)[C@@H](C)C(=O)N3)c1OC. The standard InChI is InChI=1S/C20H19NO6/c1-11-14-9-12(7-8-15(14)21-19(11)23)16(22)10-27-20(24)13-5-4-6-17(25-2)18(13)26-3/h4-9,11H,10H2,1-3H3,(H,21,23)/t11-/m1/s1. The maximum atomic E-state index is 12.4. The third kappa shape index (κ3) is 3.48. The Morgan fingerprint density at radius 3 is 2.59 bits per heavy atom. The number of Topliss-reactive ketones (excluding diaryl/α,β-unsaturated/α-hetero) is 1. The molecular weight excluding hydrogens is 350 g/mol. The molecule has 0 saturated carbocycles. The van der Waals surface area contributed by atoms with Gasteiger partial charge in [0.25, 0.3) is 0 Å². The van der Waals surface area contributed by atoms with Gasteiger partial charge in [-0.3, -0.25) is 9.59 Å². The molecule has 0 fully saturated rings. The van der Waals surface area contributed by atoms with E-state index in [0.717, 1.165) is 5.56 Å². The topological polar surface area (TPSA) is 90.9 Å². The first-order chi connectivity index (χ1) is 13.0. The molecule has 7 nitrogen and oxygen atoms in total. The van der Waals surface area contributed by atoms with Gasteiger partial charge in [0.05, 0.1) is 20.1 Å². The van der Waals surface area contributed by atoms with Crippen LogP contribution < -0.4 is 14.8 Å². The van der Waals surface area contributed by atoms with Crippen LogP contribution >= 0.6 is 0 Å². The third-order valence-electron chi connectivity index (χ3n) is 4.45. The first kappa shape index (κ1) is 18.4. The van der Waals surface area contributed by atoms with Gasteiger partial charge in [0, 0.05) is 11.3 Å². The van der Waals surface area contributed by atoms with Gasteiger partial charge in [-0.25, -0.2) is 4.79 Å². The lowest BCUT2D eigenvalue weighted by Crippen LogP contribution is -2.15. The molecular formula is C20H19NO6. The fourth-order valence-electron chi connectivity index (χ4n) is 2.93. The number of rotatable bonds is 6. The number of para-hydroxylation sites is 1. The maximum Gasteiger partial charge on any atom is 0.342 e. The first-order valence-corrected chi connectivity index (χ1v) is 8.32. The summed E-state index contributed by atoms with van der Waals surface area (Å²) in [6.07, 6.45) is 0. The van der Waals surface area contributed by atoms with Crippen LogP contribution in [0.4, 0.5) is 5.69 Å². The summed E-state index contributed by atoms with van der Waals surface area (Å²) >= 11 is 0. The molecule has 1 N–H and O–H groups in total. The van der Waals surface area contributed by atoms with Gasteiger partial charge in [0.1, 0.15) is 5.56 Å². The third-order valence-corrected chi connectivity index (χ3v) is 4.45. The van der Waals surface area contributed by atoms with Crippen LogP contribution in [0.15, 0.2) is 36.4 Å². The molecule has 140 valence electrons. The minimum atomic E-state index is -0.689. The number of anilines is 1. The number of ether oxygens (including phenoxy) is 3. The number of esters is 1. The minimum Gasteiger partial charge on any atom is -0.493 e. The predicted octanol–water partition coefficient (Wildman–Crippen LogP) is 2.80. The second-order valence-corrected chi connectivity index (χ2v) is 6.05. The second-order valence-electron chi connectivity index (χ2n) is 6.05. The number of methoxy groups -OCH3 is 2. The number of carbonyl (C=O) groups excluding carboxylic acids is 3. The van der Waals surface area contributed by atoms with Crippen molar-refractivity contribution in [2.75, 3.05) is 26.1 Å². The number of benzene rings is 2. The highest BCUT2D eigenvalue weighted by Crippen LogP contribution is 2.33. The molecule has 0 spiro atoms. The van der Waals surface area contributed by atoms with Gasteiger partial charge in [0.15, 0.2) is 23.9 Å². The Hall–Kier alpha value is -3.35. The molecule has 1 heterocycles. The number of hydrogen-bond donors (Lipinski definition) is 1. The van der Waals surface area contributed by atoms with Crippen LogP contribution in [0.2, 0.25) is 0 Å². The van der Waals surface area contributed by atoms with Gasteiger partial charge in [-0.05, 0) is 42.8 Å². The summed E-state index contributed by atoms with van der Waals surface area (Å²) in [5.74, 6) is -0.844. The molecule has 0 aliphatic carbocycles. The van der Waals surface area contributed by atoms with Gasteiger partial charge in [-0.15, -0.1) is 0 Å². The first-order valence-electron chi connectivity index (χ1n) is 8.32. The summed E-state index contributed by atoms with van der Waals surface area (Å²) < 4.78 is 15.5. The van der Waals surface area contributed by atoms with Crippen molar-refractivity contribution in [3.8, 4) is 11.5 Å². The van der Waals surface area contributed by atoms with Crippen LogP contribution in [0.5, 0.6) is 11.5 Å². The normalized spacial score (nSPS) is 14.9. The van der Waals surface area contributed by atoms with Crippen molar-refractivity contribution in [3.63, 3.8) is 0 Å². The van der Waals surface area contributed by atoms with Crippen molar-refractivity contribution in [1.82, 2.24) is 0 Å². The number of fused-ring (bicyclic) bond motifs is 1. The number of amides is 1. The van der Waals surface area contributed by atoms with E-state index in [1.54, 1.807) is 37.3 Å². The Bertz CT molecular complexity index is 921. The number of ketones is 1. The largest absolute Gasteiger partial charge is 0.493 e. The zero-order valence-electron chi connectivity index (χ0n) is 15.2. The summed E-state index contributed by atoms with van der Waals surface area (Å²) in [5.41, 5.74) is 2.00. The van der Waals surface area contributed by atoms with Crippen LogP contribution in [0.1, 0.15) is 39.1 Å². The van der Waals surface area contributed by atoms with Gasteiger partial charge in [0.2, 0.25) is 5.91 Å². The number of carbonyl (C=O) groups is 3. The van der Waals surface area contributed by atoms with Gasteiger partial charge in [-0.2, -0.15) is 0 Å². The highest BCUT2D eigenvalue weighted by molar-refractivity contribution is 6.05. The quantitative estimate of drug-likeness (QED) is 0.622. The molecule has 1 amide bonds. The van der Waals surface area contributed by atoms with E-state index in [0.29, 0.717) is 17.0 Å². The highest BCUT2D eigenvalue weighted by atomic mass is 16.5. The molecule has 0 aromatic heterocycles. The Morgan fingerprint density at radius 1 is 1.11 bits per heavy atom. The molecule has 1 aliphatic heterocycles. The second kappa shape index (κ2) is 7.49. The monoisotopic (exact) mass is 369 g/mol. The average Bonchev–Trinajstić information content (AvgIpc) is 2.98. The molecule has 7 heteroatoms. The van der Waals surface area contributed by atoms with E-state index < -0.39 is 12.6 Å². The lowest BCUT2D eigenvalue weighted by molar-refractivity contribution is -0.116. The predicted molar refractivity (Wildman–Crippen MR) is 97.6 cm³/mol. The molecule has 1 aliphatic rings. The summed E-state index contributed by atoms with van der Waals surface area (Å²) in [4.78, 5) is 36.5. The molecule has 27 heavy (non-hydrogen) atoms. The lowest BCUT2D eigenvalue weighted by atomic mass is 9.99. The summed E-state index contributed by atoms with van der Waals surface area (Å²) in [6, 6.07) is 9.74. The zero-order chi connectivity index (χ0) is 19.6. The van der Waals surface area contributed by atoms with E-state index in [-0.39, 0.29) is 28.9 Å². The van der Waals surface area contributed by atoms with E-state index >= 15 is 0 Å². The van der Waals surface area contributed by atoms with Gasteiger partial charge in [-0.1, -0.05) is 6.07 Å². The highest BCUT2D eigenvalue weighted by Gasteiger charge is 2.27. The van der Waals surface area contributed by atoms with Crippen LogP contribution in [-0.2, 0) is 9.53 Å². The molecule has 2 aromatic rings. The Kier molecular flexibility index (Phi) is 5.12. The fraction of sp³-hybridized carbons (Fsp3) is 0.250. The van der Waals surface area contributed by atoms with Crippen LogP contribution in [0.3, 0.4) is 0 Å². The summed E-state index contributed by atoms with van der Waals surface area (Å²) in [5, 5.41) is 2.75. The van der Waals surface area contributed by atoms with Gasteiger partial charge < -0.3 is 19.5 Å². The fourth-order valence-corrected chi connectivity index (χ4v) is 2.93. The van der Waals surface area contributed by atoms with Gasteiger partial charge >= 0.3 is 5.97 Å². The molecule has 3 rings (SSSR count). The molecule has 0 radical (unpaired) electrons. The van der Waals surface area contributed by atoms with Crippen molar-refractivity contribution < 1.29 is 28.6 Å². The van der Waals surface area contributed by atoms with Crippen molar-refractivity contribution >= 4 is 23.3 Å². The van der Waals surface area contributed by atoms with Crippen LogP contribution in [0, 0.1) is 0 Å². The van der Waals surface area contributed by atoms with Crippen molar-refractivity contribution in [2.24, 2.45) is 0 Å². The van der Waals surface area contributed by atoms with E-state index in [1.165, 1.54) is 20.3 Å². The van der Waals surface area contributed by atoms with E-state index in [4.69, 9.17) is 14.2 Å². The molecule has 0 bridgehead atoms. The summed E-state index contributed by atoms with van der Waals surface area (Å²) in [7, 11) is 2.88. The van der Waals surface area contributed by atoms with Crippen molar-refractivity contribution in [1.29, 1.82) is 0 Å². The van der Waals surface area contributed by atoms with Crippen LogP contribution in [0.25, 0.3) is 0 Å². The van der Waals surface area contributed by atoms with Crippen LogP contribution in [-0.4, -0.2) is 38.5 Å². The molecule has 1 atom stereocenters. The Morgan fingerprint density at radius 2 is 1.89 bits per heavy atom. The smallest absolute Gasteiger partial charge is 0.342 e. The lowest BCUT2D eigenvalue weighted by Gasteiger charge is -2.12. The Labute approximate surface area is 156 Å². The average molecular weight is 369 g/mol. The van der Waals surface area contributed by atoms with Crippen molar-refractivity contribution in [2.45, 2.75) is 12.8 Å². The molecule has 0 saturated heterocycles. The molecule has 2 aromatic carbocycles. The Balaban J connectivity index is 1.72. The van der Waals surface area contributed by atoms with E-state index in [9.17, 15) is 14.4 Å². The summed E-state index contributed by atoms with van der Waals surface area (Å²) in [6.45, 7) is 1.35. The van der Waals surface area contributed by atoms with E-state index in [1.807, 2.05) is 0 Å². The minimum absolute atomic E-state index is 0.105. The van der Waals surface area contributed by atoms with E-state index in [2.05, 4.69) is 5.32 Å².